The van der Waals surface area contributed by atoms with E-state index < -0.39 is 0 Å². The van der Waals surface area contributed by atoms with Crippen molar-refractivity contribution < 1.29 is 4.79 Å². The Hall–Kier alpha value is -2.57. The highest BCUT2D eigenvalue weighted by molar-refractivity contribution is 5.94. The van der Waals surface area contributed by atoms with Crippen LogP contribution in [0.5, 0.6) is 0 Å². The first kappa shape index (κ1) is 16.3. The number of hydrogen-bond acceptors (Lipinski definition) is 4. The lowest BCUT2D eigenvalue weighted by molar-refractivity contribution is 0.0933. The van der Waals surface area contributed by atoms with Crippen molar-refractivity contribution in [3.05, 3.63) is 46.1 Å². The molecule has 128 valence electrons. The van der Waals surface area contributed by atoms with Crippen LogP contribution in [-0.4, -0.2) is 40.4 Å². The van der Waals surface area contributed by atoms with Gasteiger partial charge in [0.2, 0.25) is 0 Å². The molecule has 3 rings (SSSR count). The number of carbonyl (C=O) groups is 1. The first-order chi connectivity index (χ1) is 11.5. The van der Waals surface area contributed by atoms with Crippen LogP contribution in [0.25, 0.3) is 0 Å². The number of amides is 1. The molecule has 1 atom stereocenters. The fraction of sp³-hybridized carbons (Fsp3) is 0.471. The molecule has 1 aromatic carbocycles. The van der Waals surface area contributed by atoms with Gasteiger partial charge in [0.15, 0.2) is 0 Å². The summed E-state index contributed by atoms with van der Waals surface area (Å²) in [6.45, 7) is 0.590. The number of carbonyl (C=O) groups excluding carboxylic acids is 1. The van der Waals surface area contributed by atoms with Crippen LogP contribution in [0.15, 0.2) is 29.1 Å². The largest absolute Gasteiger partial charge is 0.378 e. The zero-order valence-electron chi connectivity index (χ0n) is 14.3. The summed E-state index contributed by atoms with van der Waals surface area (Å²) in [5.41, 5.74) is 1.62. The molecule has 0 saturated carbocycles. The summed E-state index contributed by atoms with van der Waals surface area (Å²) >= 11 is 0. The summed E-state index contributed by atoms with van der Waals surface area (Å²) in [5, 5.41) is 7.34. The van der Waals surface area contributed by atoms with E-state index >= 15 is 0 Å². The van der Waals surface area contributed by atoms with E-state index in [2.05, 4.69) is 10.4 Å². The molecule has 0 fully saturated rings. The van der Waals surface area contributed by atoms with Crippen molar-refractivity contribution in [2.24, 2.45) is 7.05 Å². The van der Waals surface area contributed by atoms with Gasteiger partial charge in [0, 0.05) is 51.4 Å². The minimum Gasteiger partial charge on any atom is -0.378 e. The number of aromatic nitrogens is 3. The van der Waals surface area contributed by atoms with Gasteiger partial charge in [0.05, 0.1) is 0 Å². The van der Waals surface area contributed by atoms with Gasteiger partial charge >= 0.3 is 5.69 Å². The lowest BCUT2D eigenvalue weighted by atomic mass is 10.1. The molecule has 0 aliphatic carbocycles. The van der Waals surface area contributed by atoms with Crippen molar-refractivity contribution >= 4 is 11.6 Å². The molecule has 1 aliphatic heterocycles. The van der Waals surface area contributed by atoms with Gasteiger partial charge in [-0.1, -0.05) is 0 Å². The van der Waals surface area contributed by atoms with Gasteiger partial charge in [0.25, 0.3) is 5.91 Å². The van der Waals surface area contributed by atoms with Crippen LogP contribution in [0.1, 0.15) is 29.0 Å². The van der Waals surface area contributed by atoms with Gasteiger partial charge in [-0.3, -0.25) is 9.36 Å². The zero-order chi connectivity index (χ0) is 17.3. The number of nitrogens with one attached hydrogen (secondary N) is 1. The molecular weight excluding hydrogens is 306 g/mol. The van der Waals surface area contributed by atoms with E-state index in [1.54, 1.807) is 11.6 Å². The Morgan fingerprint density at radius 3 is 2.62 bits per heavy atom. The Labute approximate surface area is 140 Å². The van der Waals surface area contributed by atoms with Crippen molar-refractivity contribution in [2.45, 2.75) is 31.8 Å². The van der Waals surface area contributed by atoms with Crippen LogP contribution < -0.4 is 15.9 Å². The summed E-state index contributed by atoms with van der Waals surface area (Å²) < 4.78 is 3.08. The highest BCUT2D eigenvalue weighted by Crippen LogP contribution is 2.15. The van der Waals surface area contributed by atoms with E-state index in [0.717, 1.165) is 24.4 Å². The second-order valence-corrected chi connectivity index (χ2v) is 6.41. The molecule has 7 nitrogen and oxygen atoms in total. The Balaban J connectivity index is 1.64. The maximum absolute atomic E-state index is 12.4. The summed E-state index contributed by atoms with van der Waals surface area (Å²) in [4.78, 5) is 26.4. The molecule has 0 spiro atoms. The van der Waals surface area contributed by atoms with Gasteiger partial charge in [-0.25, -0.2) is 9.48 Å². The van der Waals surface area contributed by atoms with Crippen LogP contribution in [-0.2, 0) is 20.0 Å². The smallest absolute Gasteiger partial charge is 0.345 e. The molecule has 1 amide bonds. The van der Waals surface area contributed by atoms with Crippen LogP contribution in [0.3, 0.4) is 0 Å². The van der Waals surface area contributed by atoms with Gasteiger partial charge in [-0.05, 0) is 37.1 Å². The number of benzene rings is 1. The molecular formula is C17H23N5O2. The van der Waals surface area contributed by atoms with E-state index in [4.69, 9.17) is 0 Å². The second kappa shape index (κ2) is 6.51. The fourth-order valence-corrected chi connectivity index (χ4v) is 3.02. The predicted molar refractivity (Wildman–Crippen MR) is 92.4 cm³/mol. The SMILES string of the molecule is CN(C)c1ccc(C(=O)NC2CCc3nn(C)c(=O)n3CC2)cc1. The van der Waals surface area contributed by atoms with E-state index in [0.29, 0.717) is 18.5 Å². The monoisotopic (exact) mass is 329 g/mol. The van der Waals surface area contributed by atoms with E-state index in [1.807, 2.05) is 43.3 Å². The Morgan fingerprint density at radius 1 is 1.25 bits per heavy atom. The minimum atomic E-state index is -0.0868. The molecule has 2 heterocycles. The van der Waals surface area contributed by atoms with Crippen LogP contribution in [0, 0.1) is 0 Å². The highest BCUT2D eigenvalue weighted by atomic mass is 16.2. The van der Waals surface area contributed by atoms with Gasteiger partial charge < -0.3 is 10.2 Å². The summed E-state index contributed by atoms with van der Waals surface area (Å²) in [6, 6.07) is 7.59. The van der Waals surface area contributed by atoms with Crippen molar-refractivity contribution in [3.8, 4) is 0 Å². The van der Waals surface area contributed by atoms with Crippen LogP contribution in [0.2, 0.25) is 0 Å². The average molecular weight is 329 g/mol. The van der Waals surface area contributed by atoms with Gasteiger partial charge in [-0.2, -0.15) is 5.10 Å². The summed E-state index contributed by atoms with van der Waals surface area (Å²) in [6.07, 6.45) is 2.22. The molecule has 7 heteroatoms. The van der Waals surface area contributed by atoms with Crippen molar-refractivity contribution in [1.82, 2.24) is 19.7 Å². The molecule has 2 aromatic rings. The summed E-state index contributed by atoms with van der Waals surface area (Å²) in [7, 11) is 5.60. The van der Waals surface area contributed by atoms with E-state index in [1.165, 1.54) is 4.68 Å². The van der Waals surface area contributed by atoms with Crippen LogP contribution in [0.4, 0.5) is 5.69 Å². The molecule has 0 saturated heterocycles. The lowest BCUT2D eigenvalue weighted by Gasteiger charge is -2.17. The first-order valence-corrected chi connectivity index (χ1v) is 8.16. The number of hydrogen-bond donors (Lipinski definition) is 1. The second-order valence-electron chi connectivity index (χ2n) is 6.41. The van der Waals surface area contributed by atoms with E-state index in [9.17, 15) is 9.59 Å². The molecule has 0 radical (unpaired) electrons. The maximum atomic E-state index is 12.4. The number of anilines is 1. The number of nitrogens with zero attached hydrogens (tertiary/aromatic N) is 4. The normalized spacial score (nSPS) is 17.0. The first-order valence-electron chi connectivity index (χ1n) is 8.16. The number of fused-ring (bicyclic) bond motifs is 1. The lowest BCUT2D eigenvalue weighted by Crippen LogP contribution is -2.35. The van der Waals surface area contributed by atoms with Crippen LogP contribution >= 0.6 is 0 Å². The third-order valence-electron chi connectivity index (χ3n) is 4.48. The minimum absolute atomic E-state index is 0.0532. The third kappa shape index (κ3) is 3.20. The van der Waals surface area contributed by atoms with E-state index in [-0.39, 0.29) is 17.6 Å². The van der Waals surface area contributed by atoms with Crippen molar-refractivity contribution in [3.63, 3.8) is 0 Å². The van der Waals surface area contributed by atoms with Crippen molar-refractivity contribution in [1.29, 1.82) is 0 Å². The number of rotatable bonds is 3. The molecule has 0 bridgehead atoms. The zero-order valence-corrected chi connectivity index (χ0v) is 14.3. The summed E-state index contributed by atoms with van der Waals surface area (Å²) in [5.74, 6) is 0.729. The quantitative estimate of drug-likeness (QED) is 0.903. The molecule has 1 unspecified atom stereocenters. The average Bonchev–Trinajstić information content (AvgIpc) is 2.72. The topological polar surface area (TPSA) is 72.2 Å². The van der Waals surface area contributed by atoms with Crippen molar-refractivity contribution in [2.75, 3.05) is 19.0 Å². The maximum Gasteiger partial charge on any atom is 0.345 e. The standard InChI is InChI=1S/C17H23N5O2/c1-20(2)14-7-4-12(5-8-14)16(23)18-13-6-9-15-19-21(3)17(24)22(15)11-10-13/h4-5,7-8,13H,6,9-11H2,1-3H3,(H,18,23). The van der Waals surface area contributed by atoms with Gasteiger partial charge in [0.1, 0.15) is 5.82 Å². The molecule has 1 aliphatic rings. The van der Waals surface area contributed by atoms with Gasteiger partial charge in [-0.15, -0.1) is 0 Å². The fourth-order valence-electron chi connectivity index (χ4n) is 3.02. The Morgan fingerprint density at radius 2 is 1.96 bits per heavy atom. The molecule has 24 heavy (non-hydrogen) atoms. The predicted octanol–water partition coefficient (Wildman–Crippen LogP) is 0.783. The Bertz CT molecular complexity index is 788. The molecule has 1 N–H and O–H groups in total. The third-order valence-corrected chi connectivity index (χ3v) is 4.48. The molecule has 1 aromatic heterocycles. The Kier molecular flexibility index (Phi) is 4.42. The highest BCUT2D eigenvalue weighted by Gasteiger charge is 2.21. The number of aryl methyl sites for hydroxylation is 2.